The molecular formula is C27H43N3O6. The molecule has 0 aromatic heterocycles. The predicted molar refractivity (Wildman–Crippen MR) is 135 cm³/mol. The van der Waals surface area contributed by atoms with Gasteiger partial charge in [-0.25, -0.2) is 9.59 Å². The van der Waals surface area contributed by atoms with Crippen LogP contribution in [0.1, 0.15) is 86.5 Å². The number of hydrogen-bond donors (Lipinski definition) is 0. The SMILES string of the molecule is CC(C)(C)OC(=O)N1C2CCC1CC(=O)C2.CN(C)/C=C1/C(=O)CC2CCC1N2C(=O)OC(C)(C)C. The van der Waals surface area contributed by atoms with Gasteiger partial charge in [0.25, 0.3) is 0 Å². The van der Waals surface area contributed by atoms with E-state index in [1.54, 1.807) is 9.80 Å². The van der Waals surface area contributed by atoms with Crippen molar-refractivity contribution in [1.29, 1.82) is 0 Å². The standard InChI is InChI=1S/C15H24N2O3.C12H19NO3/c1-15(2,3)20-14(19)17-10-6-7-12(17)11(9-16(4)5)13(18)8-10;1-12(2,3)16-11(15)13-8-4-5-9(13)7-10(14)6-8/h9-10,12H,6-8H2,1-5H3;8-9H,4-7H2,1-3H3/b11-9+;. The molecule has 4 fully saturated rings. The van der Waals surface area contributed by atoms with E-state index >= 15 is 0 Å². The van der Waals surface area contributed by atoms with Crippen molar-refractivity contribution in [3.8, 4) is 0 Å². The normalized spacial score (nSPS) is 28.6. The minimum Gasteiger partial charge on any atom is -0.444 e. The van der Waals surface area contributed by atoms with Crippen LogP contribution in [-0.2, 0) is 19.1 Å². The molecule has 0 spiro atoms. The van der Waals surface area contributed by atoms with Crippen LogP contribution < -0.4 is 0 Å². The van der Waals surface area contributed by atoms with Crippen LogP contribution in [0.4, 0.5) is 9.59 Å². The lowest BCUT2D eigenvalue weighted by Gasteiger charge is -2.37. The van der Waals surface area contributed by atoms with Crippen molar-refractivity contribution in [1.82, 2.24) is 14.7 Å². The van der Waals surface area contributed by atoms with Gasteiger partial charge in [0.15, 0.2) is 5.78 Å². The Bertz CT molecular complexity index is 897. The summed E-state index contributed by atoms with van der Waals surface area (Å²) < 4.78 is 10.9. The maximum absolute atomic E-state index is 12.4. The third-order valence-electron chi connectivity index (χ3n) is 6.76. The van der Waals surface area contributed by atoms with E-state index in [0.717, 1.165) is 31.3 Å². The molecule has 4 heterocycles. The van der Waals surface area contributed by atoms with Gasteiger partial charge < -0.3 is 19.3 Å². The second-order valence-corrected chi connectivity index (χ2v) is 12.5. The van der Waals surface area contributed by atoms with Crippen LogP contribution in [0.2, 0.25) is 0 Å². The number of ether oxygens (including phenoxy) is 2. The van der Waals surface area contributed by atoms with E-state index in [-0.39, 0.29) is 47.9 Å². The van der Waals surface area contributed by atoms with Gasteiger partial charge in [-0.3, -0.25) is 14.5 Å². The molecule has 4 aliphatic rings. The average molecular weight is 506 g/mol. The first-order valence-electron chi connectivity index (χ1n) is 13.0. The summed E-state index contributed by atoms with van der Waals surface area (Å²) >= 11 is 0. The number of Topliss-reactive ketones (excluding diaryl/α,β-unsaturated/α-hetero) is 2. The molecule has 4 saturated heterocycles. The summed E-state index contributed by atoms with van der Waals surface area (Å²) in [5, 5.41) is 0. The van der Waals surface area contributed by atoms with Crippen LogP contribution in [0.25, 0.3) is 0 Å². The summed E-state index contributed by atoms with van der Waals surface area (Å²) in [6, 6.07) is 0.0439. The molecule has 0 N–H and O–H groups in total. The Morgan fingerprint density at radius 2 is 1.22 bits per heavy atom. The minimum atomic E-state index is -0.511. The number of carbonyl (C=O) groups is 4. The summed E-state index contributed by atoms with van der Waals surface area (Å²) in [6.45, 7) is 11.2. The number of rotatable bonds is 1. The molecule has 36 heavy (non-hydrogen) atoms. The van der Waals surface area contributed by atoms with E-state index in [2.05, 4.69) is 0 Å². The van der Waals surface area contributed by atoms with Crippen LogP contribution in [0.5, 0.6) is 0 Å². The Labute approximate surface area is 215 Å². The number of nitrogens with zero attached hydrogens (tertiary/aromatic N) is 3. The van der Waals surface area contributed by atoms with Crippen LogP contribution >= 0.6 is 0 Å². The first kappa shape index (κ1) is 28.0. The fourth-order valence-corrected chi connectivity index (χ4v) is 5.52. The number of piperidine rings is 2. The second-order valence-electron chi connectivity index (χ2n) is 12.5. The second kappa shape index (κ2) is 10.4. The van der Waals surface area contributed by atoms with E-state index in [1.165, 1.54) is 0 Å². The van der Waals surface area contributed by atoms with Crippen molar-refractivity contribution in [2.24, 2.45) is 0 Å². The molecule has 4 atom stereocenters. The smallest absolute Gasteiger partial charge is 0.411 e. The van der Waals surface area contributed by atoms with Gasteiger partial charge in [-0.05, 0) is 67.2 Å². The molecular weight excluding hydrogens is 462 g/mol. The number of amides is 2. The van der Waals surface area contributed by atoms with E-state index in [4.69, 9.17) is 9.47 Å². The molecule has 0 aromatic carbocycles. The summed E-state index contributed by atoms with van der Waals surface area (Å²) in [5.74, 6) is 0.443. The van der Waals surface area contributed by atoms with Crippen molar-refractivity contribution in [3.05, 3.63) is 11.8 Å². The molecule has 4 unspecified atom stereocenters. The van der Waals surface area contributed by atoms with Crippen LogP contribution in [0, 0.1) is 0 Å². The zero-order valence-corrected chi connectivity index (χ0v) is 23.1. The molecule has 4 rings (SSSR count). The van der Waals surface area contributed by atoms with Gasteiger partial charge in [0.05, 0.1) is 6.04 Å². The van der Waals surface area contributed by atoms with Crippen LogP contribution in [0.15, 0.2) is 11.8 Å². The molecule has 9 heteroatoms. The van der Waals surface area contributed by atoms with Gasteiger partial charge in [0, 0.05) is 63.3 Å². The molecule has 2 amide bonds. The van der Waals surface area contributed by atoms with Gasteiger partial charge in [-0.2, -0.15) is 0 Å². The van der Waals surface area contributed by atoms with Gasteiger partial charge >= 0.3 is 12.2 Å². The van der Waals surface area contributed by atoms with Gasteiger partial charge in [0.1, 0.15) is 17.0 Å². The highest BCUT2D eigenvalue weighted by Crippen LogP contribution is 2.38. The van der Waals surface area contributed by atoms with Crippen molar-refractivity contribution >= 4 is 23.8 Å². The fourth-order valence-electron chi connectivity index (χ4n) is 5.52. The molecule has 0 radical (unpaired) electrons. The lowest BCUT2D eigenvalue weighted by molar-refractivity contribution is -0.123. The van der Waals surface area contributed by atoms with Crippen molar-refractivity contribution in [3.63, 3.8) is 0 Å². The maximum Gasteiger partial charge on any atom is 0.411 e. The fraction of sp³-hybridized carbons (Fsp3) is 0.778. The van der Waals surface area contributed by atoms with E-state index < -0.39 is 11.2 Å². The molecule has 0 aliphatic carbocycles. The van der Waals surface area contributed by atoms with Gasteiger partial charge in [0.2, 0.25) is 0 Å². The van der Waals surface area contributed by atoms with Crippen molar-refractivity contribution in [2.75, 3.05) is 14.1 Å². The van der Waals surface area contributed by atoms with Crippen molar-refractivity contribution in [2.45, 2.75) is 122 Å². The molecule has 4 aliphatic heterocycles. The Hall–Kier alpha value is -2.58. The van der Waals surface area contributed by atoms with E-state index in [0.29, 0.717) is 19.3 Å². The Kier molecular flexibility index (Phi) is 8.10. The highest BCUT2D eigenvalue weighted by atomic mass is 16.6. The summed E-state index contributed by atoms with van der Waals surface area (Å²) in [6.07, 6.45) is 6.31. The zero-order chi connectivity index (χ0) is 27.0. The minimum absolute atomic E-state index is 0.00154. The average Bonchev–Trinajstić information content (AvgIpc) is 3.17. The first-order chi connectivity index (χ1) is 16.6. The van der Waals surface area contributed by atoms with E-state index in [1.807, 2.05) is 66.7 Å². The summed E-state index contributed by atoms with van der Waals surface area (Å²) in [7, 11) is 3.78. The number of hydrogen-bond acceptors (Lipinski definition) is 7. The first-order valence-corrected chi connectivity index (χ1v) is 13.0. The molecule has 0 saturated carbocycles. The number of ketones is 2. The highest BCUT2D eigenvalue weighted by Gasteiger charge is 2.47. The Morgan fingerprint density at radius 3 is 1.69 bits per heavy atom. The molecule has 9 nitrogen and oxygen atoms in total. The monoisotopic (exact) mass is 505 g/mol. The van der Waals surface area contributed by atoms with Crippen LogP contribution in [-0.4, -0.2) is 87.9 Å². The van der Waals surface area contributed by atoms with Crippen LogP contribution in [0.3, 0.4) is 0 Å². The lowest BCUT2D eigenvalue weighted by Crippen LogP contribution is -2.50. The van der Waals surface area contributed by atoms with Gasteiger partial charge in [-0.1, -0.05) is 0 Å². The third-order valence-corrected chi connectivity index (χ3v) is 6.76. The number of carbonyl (C=O) groups excluding carboxylic acids is 4. The largest absolute Gasteiger partial charge is 0.444 e. The third kappa shape index (κ3) is 6.79. The topological polar surface area (TPSA) is 96.5 Å². The predicted octanol–water partition coefficient (Wildman–Crippen LogP) is 4.29. The summed E-state index contributed by atoms with van der Waals surface area (Å²) in [5.41, 5.74) is -0.240. The molecule has 0 aromatic rings. The molecule has 4 bridgehead atoms. The van der Waals surface area contributed by atoms with Gasteiger partial charge in [-0.15, -0.1) is 0 Å². The molecule has 202 valence electrons. The quantitative estimate of drug-likeness (QED) is 0.491. The number of fused-ring (bicyclic) bond motifs is 4. The lowest BCUT2D eigenvalue weighted by atomic mass is 9.96. The van der Waals surface area contributed by atoms with E-state index in [9.17, 15) is 19.2 Å². The highest BCUT2D eigenvalue weighted by molar-refractivity contribution is 5.99. The summed E-state index contributed by atoms with van der Waals surface area (Å²) in [4.78, 5) is 53.3. The Balaban J connectivity index is 0.000000205. The van der Waals surface area contributed by atoms with Crippen molar-refractivity contribution < 1.29 is 28.7 Å². The Morgan fingerprint density at radius 1 is 0.778 bits per heavy atom. The zero-order valence-electron chi connectivity index (χ0n) is 23.1. The maximum atomic E-state index is 12.4.